The second-order valence-electron chi connectivity index (χ2n) is 7.67. The van der Waals surface area contributed by atoms with Crippen molar-refractivity contribution in [3.8, 4) is 0 Å². The van der Waals surface area contributed by atoms with E-state index in [0.717, 1.165) is 17.7 Å². The largest absolute Gasteiger partial charge is 0.467 e. The van der Waals surface area contributed by atoms with E-state index in [1.807, 2.05) is 19.1 Å². The van der Waals surface area contributed by atoms with Gasteiger partial charge in [-0.3, -0.25) is 14.9 Å². The molecule has 0 saturated heterocycles. The third-order valence-corrected chi connectivity index (χ3v) is 5.25. The predicted molar refractivity (Wildman–Crippen MR) is 119 cm³/mol. The number of carbonyl (C=O) groups excluding carboxylic acids is 2. The molecule has 10 heteroatoms. The first kappa shape index (κ1) is 23.1. The van der Waals surface area contributed by atoms with Gasteiger partial charge in [-0.25, -0.2) is 4.98 Å². The number of carbonyl (C=O) groups is 2. The molecule has 2 heterocycles. The highest BCUT2D eigenvalue weighted by Crippen LogP contribution is 2.32. The second-order valence-corrected chi connectivity index (χ2v) is 7.67. The van der Waals surface area contributed by atoms with Gasteiger partial charge in [-0.1, -0.05) is 18.2 Å². The molecule has 2 aromatic heterocycles. The maximum Gasteiger partial charge on any atom is 0.416 e. The Kier molecular flexibility index (Phi) is 6.40. The number of hydrogen-bond donors (Lipinski definition) is 2. The summed E-state index contributed by atoms with van der Waals surface area (Å²) in [6.07, 6.45) is -3.08. The van der Waals surface area contributed by atoms with Crippen molar-refractivity contribution in [1.29, 1.82) is 0 Å². The first-order valence-corrected chi connectivity index (χ1v) is 10.5. The number of aromatic nitrogens is 2. The summed E-state index contributed by atoms with van der Waals surface area (Å²) in [7, 11) is 0. The zero-order valence-electron chi connectivity index (χ0n) is 18.1. The lowest BCUT2D eigenvalue weighted by Gasteiger charge is -2.10. The van der Waals surface area contributed by atoms with Gasteiger partial charge in [0.05, 0.1) is 29.4 Å². The number of nitrogens with one attached hydrogen (secondary N) is 2. The first-order chi connectivity index (χ1) is 16.2. The van der Waals surface area contributed by atoms with Crippen molar-refractivity contribution in [2.45, 2.75) is 26.1 Å². The third-order valence-electron chi connectivity index (χ3n) is 5.25. The minimum Gasteiger partial charge on any atom is -0.467 e. The van der Waals surface area contributed by atoms with Crippen molar-refractivity contribution < 1.29 is 27.2 Å². The fourth-order valence-corrected chi connectivity index (χ4v) is 3.52. The fraction of sp³-hybridized carbons (Fsp3) is 0.208. The van der Waals surface area contributed by atoms with E-state index in [2.05, 4.69) is 15.6 Å². The van der Waals surface area contributed by atoms with Crippen LogP contribution < -0.4 is 10.6 Å². The number of imidazole rings is 1. The summed E-state index contributed by atoms with van der Waals surface area (Å²) >= 11 is 0. The minimum atomic E-state index is -4.52. The lowest BCUT2D eigenvalue weighted by molar-refractivity contribution is -0.137. The molecule has 2 amide bonds. The van der Waals surface area contributed by atoms with Crippen molar-refractivity contribution in [3.05, 3.63) is 83.3 Å². The van der Waals surface area contributed by atoms with Crippen LogP contribution in [-0.2, 0) is 17.5 Å². The summed E-state index contributed by atoms with van der Waals surface area (Å²) in [5.41, 5.74) is 0.995. The van der Waals surface area contributed by atoms with Crippen LogP contribution >= 0.6 is 0 Å². The second kappa shape index (κ2) is 9.42. The molecule has 0 atom stereocenters. The number of benzene rings is 2. The fourth-order valence-electron chi connectivity index (χ4n) is 3.52. The van der Waals surface area contributed by atoms with E-state index >= 15 is 0 Å². The smallest absolute Gasteiger partial charge is 0.416 e. The van der Waals surface area contributed by atoms with Crippen molar-refractivity contribution in [2.75, 3.05) is 11.9 Å². The van der Waals surface area contributed by atoms with E-state index in [1.54, 1.807) is 28.8 Å². The van der Waals surface area contributed by atoms with E-state index in [4.69, 9.17) is 4.42 Å². The van der Waals surface area contributed by atoms with Crippen molar-refractivity contribution in [3.63, 3.8) is 0 Å². The van der Waals surface area contributed by atoms with E-state index in [1.165, 1.54) is 12.3 Å². The topological polar surface area (TPSA) is 89.2 Å². The van der Waals surface area contributed by atoms with E-state index in [-0.39, 0.29) is 36.9 Å². The number of anilines is 1. The van der Waals surface area contributed by atoms with Crippen LogP contribution in [-0.4, -0.2) is 27.9 Å². The van der Waals surface area contributed by atoms with Gasteiger partial charge in [-0.15, -0.1) is 0 Å². The average Bonchev–Trinajstić information content (AvgIpc) is 3.41. The van der Waals surface area contributed by atoms with E-state index in [9.17, 15) is 22.8 Å². The molecule has 34 heavy (non-hydrogen) atoms. The van der Waals surface area contributed by atoms with Gasteiger partial charge in [0.15, 0.2) is 0 Å². The highest BCUT2D eigenvalue weighted by molar-refractivity contribution is 5.96. The Bertz CT molecular complexity index is 1330. The van der Waals surface area contributed by atoms with Gasteiger partial charge in [0.2, 0.25) is 11.9 Å². The highest BCUT2D eigenvalue weighted by atomic mass is 19.4. The summed E-state index contributed by atoms with van der Waals surface area (Å²) in [6, 6.07) is 13.7. The number of fused-ring (bicyclic) bond motifs is 1. The molecular formula is C24H21F3N4O3. The van der Waals surface area contributed by atoms with Gasteiger partial charge in [0.25, 0.3) is 5.91 Å². The van der Waals surface area contributed by atoms with Crippen LogP contribution in [0.4, 0.5) is 19.1 Å². The molecule has 0 aliphatic carbocycles. The van der Waals surface area contributed by atoms with E-state index < -0.39 is 17.6 Å². The van der Waals surface area contributed by atoms with Crippen LogP contribution in [0.1, 0.15) is 33.7 Å². The number of halogens is 3. The Hall–Kier alpha value is -4.08. The lowest BCUT2D eigenvalue weighted by atomic mass is 10.1. The summed E-state index contributed by atoms with van der Waals surface area (Å²) in [4.78, 5) is 29.1. The Labute approximate surface area is 192 Å². The van der Waals surface area contributed by atoms with Crippen molar-refractivity contribution in [2.24, 2.45) is 0 Å². The van der Waals surface area contributed by atoms with Gasteiger partial charge in [0.1, 0.15) is 5.76 Å². The number of rotatable bonds is 7. The van der Waals surface area contributed by atoms with Crippen molar-refractivity contribution in [1.82, 2.24) is 14.9 Å². The van der Waals surface area contributed by atoms with Crippen LogP contribution in [0.5, 0.6) is 0 Å². The summed E-state index contributed by atoms with van der Waals surface area (Å²) in [5, 5.41) is 5.33. The summed E-state index contributed by atoms with van der Waals surface area (Å²) < 4.78 is 46.3. The zero-order valence-corrected chi connectivity index (χ0v) is 18.1. The van der Waals surface area contributed by atoms with Crippen LogP contribution in [0.3, 0.4) is 0 Å². The zero-order chi connectivity index (χ0) is 24.3. The van der Waals surface area contributed by atoms with Gasteiger partial charge in [-0.2, -0.15) is 13.2 Å². The lowest BCUT2D eigenvalue weighted by Crippen LogP contribution is -2.28. The van der Waals surface area contributed by atoms with Crippen molar-refractivity contribution >= 4 is 28.8 Å². The summed E-state index contributed by atoms with van der Waals surface area (Å²) in [5.74, 6) is -0.117. The molecule has 4 rings (SSSR count). The van der Waals surface area contributed by atoms with Crippen LogP contribution in [0, 0.1) is 6.92 Å². The quantitative estimate of drug-likeness (QED) is 0.408. The predicted octanol–water partition coefficient (Wildman–Crippen LogP) is 4.76. The number of amides is 2. The highest BCUT2D eigenvalue weighted by Gasteiger charge is 2.31. The van der Waals surface area contributed by atoms with Crippen LogP contribution in [0.15, 0.2) is 65.3 Å². The molecule has 2 N–H and O–H groups in total. The molecule has 0 fully saturated rings. The molecule has 0 saturated carbocycles. The average molecular weight is 470 g/mol. The molecule has 0 aliphatic heterocycles. The summed E-state index contributed by atoms with van der Waals surface area (Å²) in [6.45, 7) is 2.06. The Morgan fingerprint density at radius 3 is 2.59 bits per heavy atom. The van der Waals surface area contributed by atoms with E-state index in [0.29, 0.717) is 16.8 Å². The monoisotopic (exact) mass is 470 g/mol. The number of aryl methyl sites for hydroxylation is 1. The molecule has 0 spiro atoms. The van der Waals surface area contributed by atoms with Gasteiger partial charge in [0, 0.05) is 18.5 Å². The third kappa shape index (κ3) is 5.11. The number of alkyl halides is 3. The Morgan fingerprint density at radius 2 is 1.88 bits per heavy atom. The molecule has 0 radical (unpaired) electrons. The molecule has 4 aromatic rings. The molecular weight excluding hydrogens is 449 g/mol. The normalized spacial score (nSPS) is 11.5. The molecule has 176 valence electrons. The standard InChI is InChI=1S/C24H21F3N4O3/c1-15-5-2-3-7-18(15)22(33)28-11-10-21(32)30-23-29-19-13-16(24(25,26)27)8-9-20(19)31(23)14-17-6-4-12-34-17/h2-9,12-13H,10-11,14H2,1H3,(H,28,33)(H,29,30,32). The minimum absolute atomic E-state index is 0.0463. The van der Waals surface area contributed by atoms with Crippen LogP contribution in [0.2, 0.25) is 0 Å². The maximum absolute atomic E-state index is 13.1. The number of furan rings is 1. The molecule has 0 aliphatic rings. The van der Waals surface area contributed by atoms with Crippen LogP contribution in [0.25, 0.3) is 11.0 Å². The molecule has 0 unspecified atom stereocenters. The SMILES string of the molecule is Cc1ccccc1C(=O)NCCC(=O)Nc1nc2cc(C(F)(F)F)ccc2n1Cc1ccco1. The molecule has 7 nitrogen and oxygen atoms in total. The number of hydrogen-bond acceptors (Lipinski definition) is 4. The Balaban J connectivity index is 1.50. The van der Waals surface area contributed by atoms with Gasteiger partial charge in [-0.05, 0) is 48.9 Å². The molecule has 2 aromatic carbocycles. The first-order valence-electron chi connectivity index (χ1n) is 10.5. The Morgan fingerprint density at radius 1 is 1.09 bits per heavy atom. The van der Waals surface area contributed by atoms with Gasteiger partial charge < -0.3 is 14.3 Å². The molecule has 0 bridgehead atoms. The maximum atomic E-state index is 13.1. The van der Waals surface area contributed by atoms with Gasteiger partial charge >= 0.3 is 6.18 Å². The number of nitrogens with zero attached hydrogens (tertiary/aromatic N) is 2.